The van der Waals surface area contributed by atoms with E-state index in [1.165, 1.54) is 24.3 Å². The van der Waals surface area contributed by atoms with Crippen molar-refractivity contribution in [2.24, 2.45) is 0 Å². The van der Waals surface area contributed by atoms with Gasteiger partial charge in [0.15, 0.2) is 0 Å². The summed E-state index contributed by atoms with van der Waals surface area (Å²) in [6.45, 7) is 1.77. The highest BCUT2D eigenvalue weighted by molar-refractivity contribution is 6.18. The summed E-state index contributed by atoms with van der Waals surface area (Å²) >= 11 is 0. The molecule has 32 heavy (non-hydrogen) atoms. The van der Waals surface area contributed by atoms with Crippen LogP contribution in [-0.2, 0) is 19.9 Å². The van der Waals surface area contributed by atoms with Crippen LogP contribution in [0, 0.1) is 0 Å². The molecule has 1 N–H and O–H groups in total. The van der Waals surface area contributed by atoms with E-state index in [9.17, 15) is 27.9 Å². The number of aromatic hydroxyl groups is 1. The number of rotatable bonds is 4. The van der Waals surface area contributed by atoms with E-state index in [0.717, 1.165) is 25.3 Å². The molecule has 0 spiro atoms. The number of allylic oxidation sites excluding steroid dienone is 1. The molecule has 1 aliphatic heterocycles. The fourth-order valence-corrected chi connectivity index (χ4v) is 3.90. The number of phenols is 1. The van der Waals surface area contributed by atoms with Gasteiger partial charge < -0.3 is 19.3 Å². The largest absolute Gasteiger partial charge is 0.507 e. The van der Waals surface area contributed by atoms with Gasteiger partial charge in [-0.25, -0.2) is 4.79 Å². The van der Waals surface area contributed by atoms with Crippen molar-refractivity contribution in [3.8, 4) is 11.5 Å². The number of benzene rings is 2. The maximum Gasteiger partial charge on any atom is 0.432 e. The van der Waals surface area contributed by atoms with Crippen LogP contribution in [0.4, 0.5) is 13.2 Å². The molecule has 1 atom stereocenters. The number of Topliss-reactive ketones (excluding diaryl/α,β-unsaturated/α-hetero) is 1. The Morgan fingerprint density at radius 1 is 1.16 bits per heavy atom. The first-order valence-corrected chi connectivity index (χ1v) is 9.46. The minimum absolute atomic E-state index is 0.0507. The average molecular weight is 446 g/mol. The van der Waals surface area contributed by atoms with Crippen molar-refractivity contribution in [3.05, 3.63) is 76.1 Å². The van der Waals surface area contributed by atoms with E-state index in [1.807, 2.05) is 0 Å². The lowest BCUT2D eigenvalue weighted by molar-refractivity contribution is -0.272. The average Bonchev–Trinajstić information content (AvgIpc) is 3.09. The Labute approximate surface area is 180 Å². The fourth-order valence-electron chi connectivity index (χ4n) is 3.90. The molecule has 1 unspecified atom stereocenters. The van der Waals surface area contributed by atoms with E-state index in [2.05, 4.69) is 0 Å². The first-order valence-electron chi connectivity index (χ1n) is 9.46. The molecule has 0 radical (unpaired) electrons. The second-order valence-corrected chi connectivity index (χ2v) is 7.26. The van der Waals surface area contributed by atoms with Crippen molar-refractivity contribution in [2.45, 2.75) is 18.7 Å². The molecule has 6 nitrogen and oxygen atoms in total. The van der Waals surface area contributed by atoms with Gasteiger partial charge in [0, 0.05) is 24.3 Å². The number of phenolic OH excluding ortho intramolecular Hbond substituents is 1. The minimum atomic E-state index is -5.15. The molecule has 0 fully saturated rings. The quantitative estimate of drug-likeness (QED) is 0.558. The van der Waals surface area contributed by atoms with E-state index < -0.39 is 34.8 Å². The topological polar surface area (TPSA) is 82.1 Å². The molecule has 0 amide bonds. The zero-order chi connectivity index (χ0) is 23.3. The first kappa shape index (κ1) is 21.6. The maximum atomic E-state index is 14.1. The van der Waals surface area contributed by atoms with Crippen LogP contribution in [0.25, 0.3) is 6.08 Å². The second kappa shape index (κ2) is 7.52. The molecule has 1 heterocycles. The molecule has 166 valence electrons. The third-order valence-corrected chi connectivity index (χ3v) is 5.41. The van der Waals surface area contributed by atoms with Gasteiger partial charge in [-0.2, -0.15) is 13.2 Å². The minimum Gasteiger partial charge on any atom is -0.507 e. The van der Waals surface area contributed by atoms with Gasteiger partial charge in [0.2, 0.25) is 5.78 Å². The lowest BCUT2D eigenvalue weighted by Gasteiger charge is -2.32. The molecular formula is C23H17F3O6. The third kappa shape index (κ3) is 3.16. The van der Waals surface area contributed by atoms with Gasteiger partial charge in [-0.1, -0.05) is 30.3 Å². The summed E-state index contributed by atoms with van der Waals surface area (Å²) in [6.07, 6.45) is -3.59. The van der Waals surface area contributed by atoms with E-state index in [-0.39, 0.29) is 23.5 Å². The highest BCUT2D eigenvalue weighted by atomic mass is 19.4. The van der Waals surface area contributed by atoms with Gasteiger partial charge in [0.1, 0.15) is 23.9 Å². The van der Waals surface area contributed by atoms with Crippen LogP contribution in [0.3, 0.4) is 0 Å². The zero-order valence-electron chi connectivity index (χ0n) is 16.9. The molecule has 4 rings (SSSR count). The second-order valence-electron chi connectivity index (χ2n) is 7.26. The van der Waals surface area contributed by atoms with E-state index in [4.69, 9.17) is 14.2 Å². The molecule has 0 saturated heterocycles. The van der Waals surface area contributed by atoms with Crippen LogP contribution in [0.15, 0.2) is 59.4 Å². The number of hydrogen-bond acceptors (Lipinski definition) is 6. The molecule has 2 aromatic rings. The van der Waals surface area contributed by atoms with Crippen molar-refractivity contribution in [2.75, 3.05) is 13.7 Å². The van der Waals surface area contributed by atoms with Gasteiger partial charge in [-0.15, -0.1) is 0 Å². The molecule has 2 aromatic carbocycles. The van der Waals surface area contributed by atoms with E-state index >= 15 is 0 Å². The Balaban J connectivity index is 1.76. The summed E-state index contributed by atoms with van der Waals surface area (Å²) in [7, 11) is 0.755. The molecule has 0 saturated carbocycles. The van der Waals surface area contributed by atoms with Crippen LogP contribution < -0.4 is 4.74 Å². The Morgan fingerprint density at radius 2 is 1.84 bits per heavy atom. The summed E-state index contributed by atoms with van der Waals surface area (Å²) in [5.74, 6) is -2.71. The van der Waals surface area contributed by atoms with Crippen molar-refractivity contribution in [3.63, 3.8) is 0 Å². The van der Waals surface area contributed by atoms with Crippen molar-refractivity contribution >= 4 is 17.8 Å². The number of hydrogen-bond donors (Lipinski definition) is 1. The third-order valence-electron chi connectivity index (χ3n) is 5.41. The zero-order valence-corrected chi connectivity index (χ0v) is 16.9. The molecule has 9 heteroatoms. The smallest absolute Gasteiger partial charge is 0.432 e. The predicted octanol–water partition coefficient (Wildman–Crippen LogP) is 4.29. The molecule has 0 bridgehead atoms. The standard InChI is InChI=1S/C23H17F3O6/c1-12-18-14(11-31-12)8-13-9-16(10-17(27)19(13)20(18)28)32-21(29)22(30-2,23(24,25)26)15-6-4-3-5-7-15/h3-10,27H,11H2,1-2H3. The number of alkyl halides is 3. The Bertz CT molecular complexity index is 1180. The number of carbonyl (C=O) groups is 2. The lowest BCUT2D eigenvalue weighted by Crippen LogP contribution is -2.52. The van der Waals surface area contributed by atoms with Crippen LogP contribution in [0.5, 0.6) is 11.5 Å². The van der Waals surface area contributed by atoms with Crippen molar-refractivity contribution in [1.82, 2.24) is 0 Å². The lowest BCUT2D eigenvalue weighted by atomic mass is 9.86. The Morgan fingerprint density at radius 3 is 2.47 bits per heavy atom. The fraction of sp³-hybridized carbons (Fsp3) is 0.217. The van der Waals surface area contributed by atoms with Crippen molar-refractivity contribution < 1.29 is 42.1 Å². The summed E-state index contributed by atoms with van der Waals surface area (Å²) in [6, 6.07) is 8.49. The number of ketones is 1. The SMILES string of the molecule is COC(C(=O)Oc1cc(O)c2c(c1)C=C1COC(C)=C1C2=O)(c1ccccc1)C(F)(F)F. The number of methoxy groups -OCH3 is 1. The highest BCUT2D eigenvalue weighted by Gasteiger charge is 2.64. The van der Waals surface area contributed by atoms with Gasteiger partial charge in [0.25, 0.3) is 5.60 Å². The molecular weight excluding hydrogens is 429 g/mol. The number of fused-ring (bicyclic) bond motifs is 2. The predicted molar refractivity (Wildman–Crippen MR) is 106 cm³/mol. The number of carbonyl (C=O) groups excluding carboxylic acids is 2. The van der Waals surface area contributed by atoms with Gasteiger partial charge in [-0.3, -0.25) is 4.79 Å². The first-order chi connectivity index (χ1) is 15.1. The van der Waals surface area contributed by atoms with Crippen LogP contribution in [0.2, 0.25) is 0 Å². The van der Waals surface area contributed by atoms with Crippen LogP contribution in [0.1, 0.15) is 28.4 Å². The number of halogens is 3. The number of ether oxygens (including phenoxy) is 3. The van der Waals surface area contributed by atoms with Gasteiger partial charge in [0.05, 0.1) is 11.1 Å². The molecule has 0 aromatic heterocycles. The van der Waals surface area contributed by atoms with Crippen LogP contribution >= 0.6 is 0 Å². The molecule has 1 aliphatic carbocycles. The van der Waals surface area contributed by atoms with Crippen LogP contribution in [-0.4, -0.2) is 36.8 Å². The monoisotopic (exact) mass is 446 g/mol. The molecule has 2 aliphatic rings. The van der Waals surface area contributed by atoms with E-state index in [1.54, 1.807) is 13.0 Å². The maximum absolute atomic E-state index is 14.1. The Kier molecular flexibility index (Phi) is 5.09. The van der Waals surface area contributed by atoms with Gasteiger partial charge >= 0.3 is 12.1 Å². The summed E-state index contributed by atoms with van der Waals surface area (Å²) in [4.78, 5) is 25.6. The summed E-state index contributed by atoms with van der Waals surface area (Å²) < 4.78 is 57.3. The summed E-state index contributed by atoms with van der Waals surface area (Å²) in [5, 5.41) is 10.4. The normalized spacial score (nSPS) is 17.2. The Hall–Kier alpha value is -3.59. The highest BCUT2D eigenvalue weighted by Crippen LogP contribution is 2.44. The van der Waals surface area contributed by atoms with E-state index in [0.29, 0.717) is 16.9 Å². The summed E-state index contributed by atoms with van der Waals surface area (Å²) in [5.41, 5.74) is -2.81. The number of esters is 1. The van der Waals surface area contributed by atoms with Gasteiger partial charge in [-0.05, 0) is 24.6 Å². The van der Waals surface area contributed by atoms with Crippen molar-refractivity contribution in [1.29, 1.82) is 0 Å².